The summed E-state index contributed by atoms with van der Waals surface area (Å²) in [5.41, 5.74) is 4.54. The number of halogens is 2. The lowest BCUT2D eigenvalue weighted by atomic mass is 9.79. The predicted octanol–water partition coefficient (Wildman–Crippen LogP) is 5.09. The highest BCUT2D eigenvalue weighted by Crippen LogP contribution is 2.36. The Kier molecular flexibility index (Phi) is 9.78. The van der Waals surface area contributed by atoms with Crippen LogP contribution in [0.1, 0.15) is 81.7 Å². The Morgan fingerprint density at radius 2 is 1.74 bits per heavy atom. The van der Waals surface area contributed by atoms with Crippen LogP contribution in [0.4, 0.5) is 8.78 Å². The average molecular weight is 542 g/mol. The number of amides is 1. The quantitative estimate of drug-likeness (QED) is 0.414. The van der Waals surface area contributed by atoms with E-state index in [1.165, 1.54) is 55.0 Å². The molecule has 1 saturated heterocycles. The van der Waals surface area contributed by atoms with Gasteiger partial charge in [-0.25, -0.2) is 8.78 Å². The van der Waals surface area contributed by atoms with E-state index in [0.29, 0.717) is 11.6 Å². The van der Waals surface area contributed by atoms with Crippen LogP contribution in [0.15, 0.2) is 36.4 Å². The standard InChI is InChI=1S/C32H45F2N3O2/c1-21(38)36-28(17-23-14-25(33)18-26(34)15-23)30(39)20-35-31-27-16-22(19-32(2,3)4)8-9-24(27)10-11-29(31)37-12-6-5-7-13-37/h8-9,14-16,18,28-31,35,39H,5-7,10-13,17,19-20H2,1-4H3,(H,36,38). The van der Waals surface area contributed by atoms with Crippen molar-refractivity contribution >= 4 is 5.91 Å². The van der Waals surface area contributed by atoms with Gasteiger partial charge in [-0.1, -0.05) is 45.4 Å². The number of piperidine rings is 1. The molecule has 7 heteroatoms. The minimum Gasteiger partial charge on any atom is -0.390 e. The van der Waals surface area contributed by atoms with E-state index < -0.39 is 23.8 Å². The van der Waals surface area contributed by atoms with Crippen molar-refractivity contribution < 1.29 is 18.7 Å². The zero-order valence-electron chi connectivity index (χ0n) is 23.9. The molecule has 1 aliphatic heterocycles. The predicted molar refractivity (Wildman–Crippen MR) is 152 cm³/mol. The van der Waals surface area contributed by atoms with Crippen molar-refractivity contribution in [1.29, 1.82) is 0 Å². The first-order valence-corrected chi connectivity index (χ1v) is 14.5. The highest BCUT2D eigenvalue weighted by molar-refractivity contribution is 5.73. The summed E-state index contributed by atoms with van der Waals surface area (Å²) >= 11 is 0. The molecule has 1 heterocycles. The molecule has 1 amide bonds. The van der Waals surface area contributed by atoms with Crippen molar-refractivity contribution in [2.24, 2.45) is 5.41 Å². The largest absolute Gasteiger partial charge is 0.390 e. The van der Waals surface area contributed by atoms with Gasteiger partial charge in [0.25, 0.3) is 0 Å². The van der Waals surface area contributed by atoms with Crippen molar-refractivity contribution in [3.63, 3.8) is 0 Å². The Bertz CT molecular complexity index is 1110. The average Bonchev–Trinajstić information content (AvgIpc) is 2.85. The fraction of sp³-hybridized carbons (Fsp3) is 0.594. The van der Waals surface area contributed by atoms with Gasteiger partial charge >= 0.3 is 0 Å². The van der Waals surface area contributed by atoms with E-state index in [4.69, 9.17) is 0 Å². The van der Waals surface area contributed by atoms with E-state index in [1.54, 1.807) is 0 Å². The Hall–Kier alpha value is -2.35. The maximum Gasteiger partial charge on any atom is 0.217 e. The summed E-state index contributed by atoms with van der Waals surface area (Å²) in [6, 6.07) is 9.88. The third-order valence-electron chi connectivity index (χ3n) is 8.01. The number of fused-ring (bicyclic) bond motifs is 1. The SMILES string of the molecule is CC(=O)NC(Cc1cc(F)cc(F)c1)C(O)CNC1c2cc(CC(C)(C)C)ccc2CCC1N1CCCCC1. The number of nitrogens with zero attached hydrogens (tertiary/aromatic N) is 1. The first-order chi connectivity index (χ1) is 18.5. The molecule has 4 rings (SSSR count). The molecule has 214 valence electrons. The molecule has 0 saturated carbocycles. The molecule has 1 aliphatic carbocycles. The van der Waals surface area contributed by atoms with Crippen molar-refractivity contribution in [3.05, 3.63) is 70.3 Å². The molecule has 5 nitrogen and oxygen atoms in total. The monoisotopic (exact) mass is 541 g/mol. The maximum atomic E-state index is 13.8. The van der Waals surface area contributed by atoms with E-state index in [2.05, 4.69) is 54.5 Å². The van der Waals surface area contributed by atoms with Crippen LogP contribution >= 0.6 is 0 Å². The summed E-state index contributed by atoms with van der Waals surface area (Å²) in [4.78, 5) is 14.6. The van der Waals surface area contributed by atoms with Gasteiger partial charge < -0.3 is 15.7 Å². The van der Waals surface area contributed by atoms with Gasteiger partial charge in [0.05, 0.1) is 12.1 Å². The van der Waals surface area contributed by atoms with Crippen LogP contribution in [0.2, 0.25) is 0 Å². The Labute approximate surface area is 232 Å². The van der Waals surface area contributed by atoms with Gasteiger partial charge in [0, 0.05) is 31.6 Å². The fourth-order valence-electron chi connectivity index (χ4n) is 6.37. The van der Waals surface area contributed by atoms with E-state index in [-0.39, 0.29) is 30.3 Å². The first kappa shape index (κ1) is 29.6. The first-order valence-electron chi connectivity index (χ1n) is 14.5. The molecule has 2 aliphatic rings. The van der Waals surface area contributed by atoms with Crippen LogP contribution in [-0.4, -0.2) is 53.7 Å². The topological polar surface area (TPSA) is 64.6 Å². The summed E-state index contributed by atoms with van der Waals surface area (Å²) in [6.45, 7) is 10.6. The lowest BCUT2D eigenvalue weighted by Crippen LogP contribution is -2.53. The summed E-state index contributed by atoms with van der Waals surface area (Å²) in [6.07, 6.45) is 5.94. The number of nitrogens with one attached hydrogen (secondary N) is 2. The zero-order chi connectivity index (χ0) is 28.2. The maximum absolute atomic E-state index is 13.8. The van der Waals surface area contributed by atoms with Gasteiger partial charge in [-0.2, -0.15) is 0 Å². The lowest BCUT2D eigenvalue weighted by Gasteiger charge is -2.43. The third kappa shape index (κ3) is 8.32. The number of aryl methyl sites for hydroxylation is 1. The fourth-order valence-corrected chi connectivity index (χ4v) is 6.37. The summed E-state index contributed by atoms with van der Waals surface area (Å²) in [5, 5.41) is 17.7. The highest BCUT2D eigenvalue weighted by atomic mass is 19.1. The van der Waals surface area contributed by atoms with Crippen LogP contribution in [0, 0.1) is 17.0 Å². The van der Waals surface area contributed by atoms with Crippen LogP contribution in [0.5, 0.6) is 0 Å². The number of rotatable bonds is 9. The number of benzene rings is 2. The molecule has 0 aromatic heterocycles. The minimum atomic E-state index is -0.939. The molecular weight excluding hydrogens is 496 g/mol. The second-order valence-corrected chi connectivity index (χ2v) is 12.7. The van der Waals surface area contributed by atoms with Crippen LogP contribution in [0.3, 0.4) is 0 Å². The molecule has 0 spiro atoms. The van der Waals surface area contributed by atoms with Crippen molar-refractivity contribution in [2.45, 2.75) is 96.9 Å². The van der Waals surface area contributed by atoms with E-state index in [0.717, 1.165) is 38.4 Å². The van der Waals surface area contributed by atoms with Gasteiger partial charge in [0.1, 0.15) is 11.6 Å². The van der Waals surface area contributed by atoms with Gasteiger partial charge in [0.15, 0.2) is 0 Å². The number of aliphatic hydroxyl groups is 1. The second-order valence-electron chi connectivity index (χ2n) is 12.7. The molecule has 4 atom stereocenters. The van der Waals surface area contributed by atoms with Crippen LogP contribution in [-0.2, 0) is 24.1 Å². The Morgan fingerprint density at radius 1 is 1.05 bits per heavy atom. The van der Waals surface area contributed by atoms with Gasteiger partial charge in [0.2, 0.25) is 5.91 Å². The van der Waals surface area contributed by atoms with Crippen molar-refractivity contribution in [1.82, 2.24) is 15.5 Å². The minimum absolute atomic E-state index is 0.0472. The molecule has 2 aromatic carbocycles. The number of hydrogen-bond acceptors (Lipinski definition) is 4. The molecule has 39 heavy (non-hydrogen) atoms. The number of carbonyl (C=O) groups is 1. The van der Waals surface area contributed by atoms with E-state index >= 15 is 0 Å². The highest BCUT2D eigenvalue weighted by Gasteiger charge is 2.35. The molecule has 4 unspecified atom stereocenters. The smallest absolute Gasteiger partial charge is 0.217 e. The van der Waals surface area contributed by atoms with Gasteiger partial charge in [-0.3, -0.25) is 9.69 Å². The van der Waals surface area contributed by atoms with E-state index in [1.807, 2.05) is 0 Å². The number of hydrogen-bond donors (Lipinski definition) is 3. The normalized spacial score (nSPS) is 21.7. The Balaban J connectivity index is 1.56. The van der Waals surface area contributed by atoms with E-state index in [9.17, 15) is 18.7 Å². The third-order valence-corrected chi connectivity index (χ3v) is 8.01. The summed E-state index contributed by atoms with van der Waals surface area (Å²) in [7, 11) is 0. The number of aliphatic hydroxyl groups excluding tert-OH is 1. The van der Waals surface area contributed by atoms with Crippen LogP contribution in [0.25, 0.3) is 0 Å². The Morgan fingerprint density at radius 3 is 2.38 bits per heavy atom. The lowest BCUT2D eigenvalue weighted by molar-refractivity contribution is -0.120. The summed E-state index contributed by atoms with van der Waals surface area (Å²) < 4.78 is 27.6. The molecule has 0 bridgehead atoms. The second kappa shape index (κ2) is 12.9. The zero-order valence-corrected chi connectivity index (χ0v) is 23.9. The molecular formula is C32H45F2N3O2. The van der Waals surface area contributed by atoms with Crippen molar-refractivity contribution in [3.8, 4) is 0 Å². The molecule has 0 radical (unpaired) electrons. The summed E-state index contributed by atoms with van der Waals surface area (Å²) in [5.74, 6) is -1.64. The molecule has 2 aromatic rings. The van der Waals surface area contributed by atoms with Gasteiger partial charge in [-0.05, 0) is 91.4 Å². The number of carbonyl (C=O) groups excluding carboxylic acids is 1. The van der Waals surface area contributed by atoms with Crippen molar-refractivity contribution in [2.75, 3.05) is 19.6 Å². The molecule has 1 fully saturated rings. The van der Waals surface area contributed by atoms with Crippen LogP contribution < -0.4 is 10.6 Å². The van der Waals surface area contributed by atoms with Gasteiger partial charge in [-0.15, -0.1) is 0 Å². The number of likely N-dealkylation sites (tertiary alicyclic amines) is 1. The molecule has 3 N–H and O–H groups in total.